The molecule has 0 radical (unpaired) electrons. The SMILES string of the molecule is CCN(CC)C(=O)c1ccc(CNc2cnn(-c3ccccc3C(=O)OC)c(=O)c2Cl)cc1. The topological polar surface area (TPSA) is 93.5 Å². The summed E-state index contributed by atoms with van der Waals surface area (Å²) in [6, 6.07) is 13.7. The van der Waals surface area contributed by atoms with Crippen LogP contribution in [0, 0.1) is 0 Å². The zero-order valence-electron chi connectivity index (χ0n) is 18.7. The summed E-state index contributed by atoms with van der Waals surface area (Å²) in [5.41, 5.74) is 1.79. The summed E-state index contributed by atoms with van der Waals surface area (Å²) >= 11 is 6.31. The number of halogens is 1. The number of nitrogens with zero attached hydrogens (tertiary/aromatic N) is 3. The summed E-state index contributed by atoms with van der Waals surface area (Å²) < 4.78 is 5.84. The van der Waals surface area contributed by atoms with Crippen molar-refractivity contribution in [2.75, 3.05) is 25.5 Å². The molecule has 0 saturated heterocycles. The van der Waals surface area contributed by atoms with Gasteiger partial charge < -0.3 is 15.0 Å². The van der Waals surface area contributed by atoms with Gasteiger partial charge in [0.1, 0.15) is 5.02 Å². The fourth-order valence-electron chi connectivity index (χ4n) is 3.32. The quantitative estimate of drug-likeness (QED) is 0.506. The molecule has 0 aliphatic carbocycles. The van der Waals surface area contributed by atoms with Crippen LogP contribution in [0.2, 0.25) is 5.02 Å². The lowest BCUT2D eigenvalue weighted by atomic mass is 10.1. The van der Waals surface area contributed by atoms with Gasteiger partial charge in [-0.1, -0.05) is 35.9 Å². The molecular weight excluding hydrogens is 444 g/mol. The minimum atomic E-state index is -0.583. The second-order valence-corrected chi connectivity index (χ2v) is 7.50. The van der Waals surface area contributed by atoms with E-state index in [9.17, 15) is 14.4 Å². The first kappa shape index (κ1) is 24.0. The predicted octanol–water partition coefficient (Wildman–Crippen LogP) is 3.77. The number of anilines is 1. The van der Waals surface area contributed by atoms with Crippen molar-refractivity contribution in [1.82, 2.24) is 14.7 Å². The molecule has 1 aromatic heterocycles. The number of benzene rings is 2. The van der Waals surface area contributed by atoms with E-state index in [1.165, 1.54) is 13.3 Å². The third-order valence-corrected chi connectivity index (χ3v) is 5.56. The molecule has 8 nitrogen and oxygen atoms in total. The first-order valence-corrected chi connectivity index (χ1v) is 10.9. The maximum absolute atomic E-state index is 12.8. The minimum Gasteiger partial charge on any atom is -0.465 e. The van der Waals surface area contributed by atoms with Gasteiger partial charge in [-0.05, 0) is 43.7 Å². The van der Waals surface area contributed by atoms with Gasteiger partial charge in [0, 0.05) is 25.2 Å². The van der Waals surface area contributed by atoms with E-state index in [4.69, 9.17) is 16.3 Å². The number of hydrogen-bond donors (Lipinski definition) is 1. The highest BCUT2D eigenvalue weighted by Gasteiger charge is 2.17. The lowest BCUT2D eigenvalue weighted by Crippen LogP contribution is -2.30. The van der Waals surface area contributed by atoms with E-state index >= 15 is 0 Å². The van der Waals surface area contributed by atoms with Crippen molar-refractivity contribution in [2.24, 2.45) is 0 Å². The number of rotatable bonds is 8. The molecule has 0 bridgehead atoms. The van der Waals surface area contributed by atoms with Crippen LogP contribution < -0.4 is 10.9 Å². The summed E-state index contributed by atoms with van der Waals surface area (Å²) in [6.07, 6.45) is 1.43. The summed E-state index contributed by atoms with van der Waals surface area (Å²) in [7, 11) is 1.27. The Kier molecular flexibility index (Phi) is 7.84. The van der Waals surface area contributed by atoms with E-state index in [-0.39, 0.29) is 22.2 Å². The van der Waals surface area contributed by atoms with Crippen LogP contribution >= 0.6 is 11.6 Å². The monoisotopic (exact) mass is 468 g/mol. The normalized spacial score (nSPS) is 10.5. The highest BCUT2D eigenvalue weighted by Crippen LogP contribution is 2.20. The van der Waals surface area contributed by atoms with E-state index < -0.39 is 11.5 Å². The van der Waals surface area contributed by atoms with Gasteiger partial charge in [0.15, 0.2) is 0 Å². The number of methoxy groups -OCH3 is 1. The molecule has 9 heteroatoms. The molecule has 0 aliphatic heterocycles. The standard InChI is InChI=1S/C24H25ClN4O4/c1-4-28(5-2)22(30)17-12-10-16(11-13-17)14-26-19-15-27-29(23(31)21(19)25)20-9-7-6-8-18(20)24(32)33-3/h6-13,15,26H,4-5,14H2,1-3H3. The molecule has 0 aliphatic rings. The molecule has 3 aromatic rings. The number of para-hydroxylation sites is 1. The van der Waals surface area contributed by atoms with Gasteiger partial charge in [-0.15, -0.1) is 0 Å². The van der Waals surface area contributed by atoms with Crippen LogP contribution in [0.15, 0.2) is 59.5 Å². The zero-order valence-corrected chi connectivity index (χ0v) is 19.4. The van der Waals surface area contributed by atoms with Crippen LogP contribution in [0.3, 0.4) is 0 Å². The molecule has 1 amide bonds. The smallest absolute Gasteiger partial charge is 0.340 e. The third-order valence-electron chi connectivity index (χ3n) is 5.19. The van der Waals surface area contributed by atoms with Crippen LogP contribution in [-0.2, 0) is 11.3 Å². The van der Waals surface area contributed by atoms with Gasteiger partial charge in [0.05, 0.1) is 30.2 Å². The fourth-order valence-corrected chi connectivity index (χ4v) is 3.52. The van der Waals surface area contributed by atoms with Crippen molar-refractivity contribution in [2.45, 2.75) is 20.4 Å². The van der Waals surface area contributed by atoms with E-state index in [2.05, 4.69) is 10.4 Å². The molecule has 33 heavy (non-hydrogen) atoms. The summed E-state index contributed by atoms with van der Waals surface area (Å²) in [5, 5.41) is 7.21. The Morgan fingerprint density at radius 2 is 1.76 bits per heavy atom. The highest BCUT2D eigenvalue weighted by molar-refractivity contribution is 6.33. The van der Waals surface area contributed by atoms with Gasteiger partial charge in [0.2, 0.25) is 0 Å². The Morgan fingerprint density at radius 3 is 2.39 bits per heavy atom. The number of carbonyl (C=O) groups is 2. The van der Waals surface area contributed by atoms with Crippen LogP contribution in [0.4, 0.5) is 5.69 Å². The third kappa shape index (κ3) is 5.23. The largest absolute Gasteiger partial charge is 0.465 e. The maximum atomic E-state index is 12.8. The molecule has 1 heterocycles. The van der Waals surface area contributed by atoms with Crippen LogP contribution in [0.1, 0.15) is 40.1 Å². The first-order chi connectivity index (χ1) is 15.9. The van der Waals surface area contributed by atoms with Crippen LogP contribution in [0.5, 0.6) is 0 Å². The lowest BCUT2D eigenvalue weighted by molar-refractivity contribution is 0.0600. The number of esters is 1. The fraction of sp³-hybridized carbons (Fsp3) is 0.250. The predicted molar refractivity (Wildman–Crippen MR) is 127 cm³/mol. The lowest BCUT2D eigenvalue weighted by Gasteiger charge is -2.18. The molecule has 0 atom stereocenters. The number of hydrogen-bond acceptors (Lipinski definition) is 6. The highest BCUT2D eigenvalue weighted by atomic mass is 35.5. The molecule has 172 valence electrons. The maximum Gasteiger partial charge on any atom is 0.340 e. The molecule has 3 rings (SSSR count). The summed E-state index contributed by atoms with van der Waals surface area (Å²) in [5.74, 6) is -0.594. The summed E-state index contributed by atoms with van der Waals surface area (Å²) in [6.45, 7) is 5.57. The van der Waals surface area contributed by atoms with E-state index in [1.54, 1.807) is 41.3 Å². The van der Waals surface area contributed by atoms with Crippen LogP contribution in [-0.4, -0.2) is 46.8 Å². The van der Waals surface area contributed by atoms with Gasteiger partial charge in [-0.25, -0.2) is 4.79 Å². The number of amides is 1. The summed E-state index contributed by atoms with van der Waals surface area (Å²) in [4.78, 5) is 39.1. The minimum absolute atomic E-state index is 0.0115. The average molecular weight is 469 g/mol. The van der Waals surface area contributed by atoms with Gasteiger partial charge in [0.25, 0.3) is 11.5 Å². The van der Waals surface area contributed by atoms with E-state index in [1.807, 2.05) is 26.0 Å². The Bertz CT molecular complexity index is 1200. The van der Waals surface area contributed by atoms with Crippen molar-refractivity contribution >= 4 is 29.2 Å². The Labute approximate surface area is 196 Å². The van der Waals surface area contributed by atoms with Crippen molar-refractivity contribution in [3.05, 3.63) is 86.8 Å². The number of nitrogens with one attached hydrogen (secondary N) is 1. The zero-order chi connectivity index (χ0) is 24.0. The number of carbonyl (C=O) groups excluding carboxylic acids is 2. The van der Waals surface area contributed by atoms with Crippen molar-refractivity contribution in [3.63, 3.8) is 0 Å². The van der Waals surface area contributed by atoms with E-state index in [0.717, 1.165) is 10.2 Å². The molecule has 0 spiro atoms. The van der Waals surface area contributed by atoms with Crippen LogP contribution in [0.25, 0.3) is 5.69 Å². The molecule has 1 N–H and O–H groups in total. The molecule has 2 aromatic carbocycles. The van der Waals surface area contributed by atoms with Gasteiger partial charge >= 0.3 is 5.97 Å². The van der Waals surface area contributed by atoms with Gasteiger partial charge in [-0.2, -0.15) is 9.78 Å². The second-order valence-electron chi connectivity index (χ2n) is 7.13. The number of ether oxygens (including phenoxy) is 1. The second kappa shape index (κ2) is 10.8. The first-order valence-electron chi connectivity index (χ1n) is 10.5. The van der Waals surface area contributed by atoms with Gasteiger partial charge in [-0.3, -0.25) is 9.59 Å². The molecular formula is C24H25ClN4O4. The van der Waals surface area contributed by atoms with Crippen molar-refractivity contribution < 1.29 is 14.3 Å². The number of aromatic nitrogens is 2. The van der Waals surface area contributed by atoms with Crippen molar-refractivity contribution in [3.8, 4) is 5.69 Å². The molecule has 0 unspecified atom stereocenters. The van der Waals surface area contributed by atoms with E-state index in [0.29, 0.717) is 30.9 Å². The Hall–Kier alpha value is -3.65. The molecule has 0 fully saturated rings. The Morgan fingerprint density at radius 1 is 1.09 bits per heavy atom. The van der Waals surface area contributed by atoms with Crippen molar-refractivity contribution in [1.29, 1.82) is 0 Å². The molecule has 0 saturated carbocycles. The Balaban J connectivity index is 1.78. The average Bonchev–Trinajstić information content (AvgIpc) is 2.85.